The number of nitrogens with one attached hydrogen (secondary N) is 1. The van der Waals surface area contributed by atoms with Gasteiger partial charge in [0.1, 0.15) is 11.6 Å². The van der Waals surface area contributed by atoms with E-state index >= 15 is 0 Å². The molecule has 0 aliphatic carbocycles. The van der Waals surface area contributed by atoms with E-state index in [2.05, 4.69) is 34.5 Å². The highest BCUT2D eigenvalue weighted by atomic mass is 16.5. The van der Waals surface area contributed by atoms with Crippen molar-refractivity contribution in [2.75, 3.05) is 36.5 Å². The van der Waals surface area contributed by atoms with Crippen LogP contribution in [-0.2, 0) is 22.4 Å². The highest BCUT2D eigenvalue weighted by molar-refractivity contribution is 5.70. The molecular weight excluding hydrogens is 388 g/mol. The molecule has 0 saturated heterocycles. The number of hydrogen-bond donors (Lipinski definition) is 1. The van der Waals surface area contributed by atoms with Crippen LogP contribution < -0.4 is 10.2 Å². The minimum Gasteiger partial charge on any atom is -0.466 e. The normalized spacial score (nSPS) is 13.3. The summed E-state index contributed by atoms with van der Waals surface area (Å²) in [6.45, 7) is 4.49. The maximum absolute atomic E-state index is 11.7. The zero-order chi connectivity index (χ0) is 21.5. The molecule has 0 radical (unpaired) electrons. The van der Waals surface area contributed by atoms with Gasteiger partial charge in [-0.25, -0.2) is 9.97 Å². The second-order valence-electron chi connectivity index (χ2n) is 7.54. The molecule has 31 heavy (non-hydrogen) atoms. The maximum atomic E-state index is 11.7. The monoisotopic (exact) mass is 416 g/mol. The molecular formula is C25H28N4O2. The van der Waals surface area contributed by atoms with Gasteiger partial charge in [-0.1, -0.05) is 54.6 Å². The number of nitrogens with zero attached hydrogens (tertiary/aromatic N) is 3. The van der Waals surface area contributed by atoms with E-state index in [1.165, 1.54) is 11.1 Å². The van der Waals surface area contributed by atoms with Crippen LogP contribution in [0, 0.1) is 0 Å². The molecule has 0 fully saturated rings. The van der Waals surface area contributed by atoms with E-state index in [4.69, 9.17) is 14.7 Å². The summed E-state index contributed by atoms with van der Waals surface area (Å²) in [5.41, 5.74) is 3.79. The molecule has 2 heterocycles. The number of aromatic nitrogens is 2. The molecule has 1 aromatic heterocycles. The zero-order valence-corrected chi connectivity index (χ0v) is 17.9. The SMILES string of the molecule is CCOC(=O)CCNc1cc(N2CCc3ccccc3CC2)nc(-c2ccccc2)n1. The third-order valence-electron chi connectivity index (χ3n) is 5.43. The van der Waals surface area contributed by atoms with Crippen LogP contribution in [0.3, 0.4) is 0 Å². The molecule has 0 bridgehead atoms. The van der Waals surface area contributed by atoms with Crippen LogP contribution in [0.1, 0.15) is 24.5 Å². The standard InChI is InChI=1S/C25H28N4O2/c1-2-31-24(30)12-15-26-22-18-23(28-25(27-22)21-10-4-3-5-11-21)29-16-13-19-8-6-7-9-20(19)14-17-29/h3-11,18H,2,12-17H2,1H3,(H,26,27,28). The number of anilines is 2. The van der Waals surface area contributed by atoms with Gasteiger partial charge in [0, 0.05) is 31.3 Å². The van der Waals surface area contributed by atoms with Gasteiger partial charge in [-0.05, 0) is 30.9 Å². The van der Waals surface area contributed by atoms with Gasteiger partial charge in [-0.3, -0.25) is 4.79 Å². The molecule has 0 amide bonds. The highest BCUT2D eigenvalue weighted by Gasteiger charge is 2.17. The molecule has 0 saturated carbocycles. The first-order valence-electron chi connectivity index (χ1n) is 10.9. The highest BCUT2D eigenvalue weighted by Crippen LogP contribution is 2.25. The summed E-state index contributed by atoms with van der Waals surface area (Å²) in [6.07, 6.45) is 2.28. The molecule has 1 aliphatic rings. The fourth-order valence-corrected chi connectivity index (χ4v) is 3.83. The van der Waals surface area contributed by atoms with Crippen molar-refractivity contribution in [3.8, 4) is 11.4 Å². The smallest absolute Gasteiger partial charge is 0.307 e. The average molecular weight is 417 g/mol. The topological polar surface area (TPSA) is 67.3 Å². The van der Waals surface area contributed by atoms with Gasteiger partial charge in [0.2, 0.25) is 0 Å². The van der Waals surface area contributed by atoms with Gasteiger partial charge in [0.15, 0.2) is 5.82 Å². The van der Waals surface area contributed by atoms with Crippen molar-refractivity contribution < 1.29 is 9.53 Å². The Hall–Kier alpha value is -3.41. The molecule has 6 nitrogen and oxygen atoms in total. The van der Waals surface area contributed by atoms with E-state index in [1.807, 2.05) is 43.3 Å². The molecule has 160 valence electrons. The van der Waals surface area contributed by atoms with E-state index in [9.17, 15) is 4.79 Å². The fraction of sp³-hybridized carbons (Fsp3) is 0.320. The van der Waals surface area contributed by atoms with Crippen LogP contribution in [0.5, 0.6) is 0 Å². The molecule has 1 N–H and O–H groups in total. The third-order valence-corrected chi connectivity index (χ3v) is 5.43. The second-order valence-corrected chi connectivity index (χ2v) is 7.54. The van der Waals surface area contributed by atoms with Crippen molar-refractivity contribution in [3.63, 3.8) is 0 Å². The number of rotatable bonds is 7. The molecule has 6 heteroatoms. The van der Waals surface area contributed by atoms with Crippen molar-refractivity contribution in [2.45, 2.75) is 26.2 Å². The number of fused-ring (bicyclic) bond motifs is 1. The molecule has 0 unspecified atom stereocenters. The van der Waals surface area contributed by atoms with Crippen LogP contribution >= 0.6 is 0 Å². The van der Waals surface area contributed by atoms with E-state index < -0.39 is 0 Å². The molecule has 1 aliphatic heterocycles. The van der Waals surface area contributed by atoms with Crippen molar-refractivity contribution in [3.05, 3.63) is 71.8 Å². The Balaban J connectivity index is 1.57. The number of hydrogen-bond acceptors (Lipinski definition) is 6. The van der Waals surface area contributed by atoms with E-state index in [0.29, 0.717) is 25.4 Å². The van der Waals surface area contributed by atoms with Crippen LogP contribution in [0.2, 0.25) is 0 Å². The molecule has 2 aromatic carbocycles. The number of carbonyl (C=O) groups is 1. The number of ether oxygens (including phenoxy) is 1. The molecule has 3 aromatic rings. The minimum atomic E-state index is -0.210. The van der Waals surface area contributed by atoms with E-state index in [-0.39, 0.29) is 5.97 Å². The minimum absolute atomic E-state index is 0.210. The van der Waals surface area contributed by atoms with Gasteiger partial charge < -0.3 is 15.0 Å². The lowest BCUT2D eigenvalue weighted by Gasteiger charge is -2.22. The predicted molar refractivity (Wildman–Crippen MR) is 123 cm³/mol. The first-order chi connectivity index (χ1) is 15.2. The third kappa shape index (κ3) is 5.40. The summed E-state index contributed by atoms with van der Waals surface area (Å²) in [7, 11) is 0. The van der Waals surface area contributed by atoms with Gasteiger partial charge in [-0.2, -0.15) is 0 Å². The van der Waals surface area contributed by atoms with Crippen LogP contribution in [-0.4, -0.2) is 42.2 Å². The fourth-order valence-electron chi connectivity index (χ4n) is 3.83. The average Bonchev–Trinajstić information content (AvgIpc) is 3.02. The van der Waals surface area contributed by atoms with Crippen molar-refractivity contribution in [1.82, 2.24) is 9.97 Å². The van der Waals surface area contributed by atoms with Crippen molar-refractivity contribution in [1.29, 1.82) is 0 Å². The van der Waals surface area contributed by atoms with Crippen molar-refractivity contribution >= 4 is 17.6 Å². The lowest BCUT2D eigenvalue weighted by molar-refractivity contribution is -0.142. The summed E-state index contributed by atoms with van der Waals surface area (Å²) < 4.78 is 5.02. The summed E-state index contributed by atoms with van der Waals surface area (Å²) >= 11 is 0. The van der Waals surface area contributed by atoms with E-state index in [1.54, 1.807) is 0 Å². The summed E-state index contributed by atoms with van der Waals surface area (Å²) in [6, 6.07) is 20.6. The molecule has 0 atom stereocenters. The Morgan fingerprint density at radius 1 is 1.00 bits per heavy atom. The number of benzene rings is 2. The van der Waals surface area contributed by atoms with Gasteiger partial charge in [-0.15, -0.1) is 0 Å². The predicted octanol–water partition coefficient (Wildman–Crippen LogP) is 4.11. The lowest BCUT2D eigenvalue weighted by Crippen LogP contribution is -2.27. The zero-order valence-electron chi connectivity index (χ0n) is 17.9. The van der Waals surface area contributed by atoms with Crippen LogP contribution in [0.25, 0.3) is 11.4 Å². The maximum Gasteiger partial charge on any atom is 0.307 e. The molecule has 0 spiro atoms. The van der Waals surface area contributed by atoms with Crippen LogP contribution in [0.15, 0.2) is 60.7 Å². The van der Waals surface area contributed by atoms with Crippen molar-refractivity contribution in [2.24, 2.45) is 0 Å². The Morgan fingerprint density at radius 2 is 1.68 bits per heavy atom. The number of carbonyl (C=O) groups excluding carboxylic acids is 1. The van der Waals surface area contributed by atoms with Gasteiger partial charge in [0.05, 0.1) is 13.0 Å². The Labute approximate surface area is 183 Å². The van der Waals surface area contributed by atoms with Crippen LogP contribution in [0.4, 0.5) is 11.6 Å². The first-order valence-corrected chi connectivity index (χ1v) is 10.9. The summed E-state index contributed by atoms with van der Waals surface area (Å²) in [5.74, 6) is 2.09. The first kappa shape index (κ1) is 20.8. The molecule has 4 rings (SSSR count). The van der Waals surface area contributed by atoms with Gasteiger partial charge in [0.25, 0.3) is 0 Å². The number of esters is 1. The van der Waals surface area contributed by atoms with E-state index in [0.717, 1.165) is 43.1 Å². The Bertz CT molecular complexity index is 996. The summed E-state index contributed by atoms with van der Waals surface area (Å²) in [4.78, 5) is 23.6. The summed E-state index contributed by atoms with van der Waals surface area (Å²) in [5, 5.41) is 3.28. The Kier molecular flexibility index (Phi) is 6.77. The quantitative estimate of drug-likeness (QED) is 0.585. The largest absolute Gasteiger partial charge is 0.466 e. The van der Waals surface area contributed by atoms with Gasteiger partial charge >= 0.3 is 5.97 Å². The Morgan fingerprint density at radius 3 is 2.35 bits per heavy atom. The lowest BCUT2D eigenvalue weighted by atomic mass is 10.0. The second kappa shape index (κ2) is 10.1.